The van der Waals surface area contributed by atoms with Gasteiger partial charge in [-0.3, -0.25) is 0 Å². The summed E-state index contributed by atoms with van der Waals surface area (Å²) in [6, 6.07) is 16.5. The Labute approximate surface area is 137 Å². The smallest absolute Gasteiger partial charge is 0.332 e. The molecule has 3 nitrogen and oxygen atoms in total. The minimum absolute atomic E-state index is 0.0894. The van der Waals surface area contributed by atoms with Gasteiger partial charge in [0.25, 0.3) is 0 Å². The molecule has 2 aromatic rings. The van der Waals surface area contributed by atoms with Gasteiger partial charge >= 0.3 is 5.97 Å². The number of aliphatic carboxylic acids is 1. The average molecular weight is 312 g/mol. The lowest BCUT2D eigenvalue weighted by Gasteiger charge is -2.19. The maximum atomic E-state index is 11.0. The van der Waals surface area contributed by atoms with Crippen molar-refractivity contribution < 1.29 is 15.0 Å². The Balaban J connectivity index is 2.11. The predicted molar refractivity (Wildman–Crippen MR) is 91.5 cm³/mol. The largest absolute Gasteiger partial charge is 0.479 e. The van der Waals surface area contributed by atoms with Gasteiger partial charge < -0.3 is 10.2 Å². The zero-order valence-corrected chi connectivity index (χ0v) is 13.7. The summed E-state index contributed by atoms with van der Waals surface area (Å²) in [6.07, 6.45) is 0.476. The van der Waals surface area contributed by atoms with Crippen molar-refractivity contribution in [3.63, 3.8) is 0 Å². The topological polar surface area (TPSA) is 57.5 Å². The molecular formula is C20H24O3. The van der Waals surface area contributed by atoms with Gasteiger partial charge in [-0.25, -0.2) is 4.79 Å². The lowest BCUT2D eigenvalue weighted by Crippen LogP contribution is -2.25. The third-order valence-electron chi connectivity index (χ3n) is 4.13. The van der Waals surface area contributed by atoms with E-state index in [1.165, 1.54) is 22.3 Å². The van der Waals surface area contributed by atoms with E-state index in [0.29, 0.717) is 0 Å². The Morgan fingerprint density at radius 1 is 0.870 bits per heavy atom. The van der Waals surface area contributed by atoms with E-state index in [9.17, 15) is 9.90 Å². The third kappa shape index (κ3) is 5.53. The molecule has 0 saturated heterocycles. The molecular weight excluding hydrogens is 288 g/mol. The fraction of sp³-hybridized carbons (Fsp3) is 0.350. The highest BCUT2D eigenvalue weighted by Gasteiger charge is 2.20. The van der Waals surface area contributed by atoms with Crippen LogP contribution >= 0.6 is 0 Å². The predicted octanol–water partition coefficient (Wildman–Crippen LogP) is 3.54. The van der Waals surface area contributed by atoms with Gasteiger partial charge in [0.05, 0.1) is 0 Å². The van der Waals surface area contributed by atoms with E-state index in [4.69, 9.17) is 5.11 Å². The molecule has 0 saturated carbocycles. The summed E-state index contributed by atoms with van der Waals surface area (Å²) in [5.41, 5.74) is 4.75. The van der Waals surface area contributed by atoms with Crippen LogP contribution in [0.2, 0.25) is 0 Å². The van der Waals surface area contributed by atoms with Crippen LogP contribution in [0.25, 0.3) is 0 Å². The van der Waals surface area contributed by atoms with Crippen LogP contribution in [0.1, 0.15) is 28.7 Å². The van der Waals surface area contributed by atoms with Gasteiger partial charge in [0.1, 0.15) is 0 Å². The van der Waals surface area contributed by atoms with E-state index in [2.05, 4.69) is 48.5 Å². The highest BCUT2D eigenvalue weighted by Crippen LogP contribution is 2.20. The van der Waals surface area contributed by atoms with Crippen molar-refractivity contribution in [2.75, 3.05) is 0 Å². The van der Waals surface area contributed by atoms with Gasteiger partial charge in [-0.15, -0.1) is 0 Å². The van der Waals surface area contributed by atoms with Crippen LogP contribution in [0.3, 0.4) is 0 Å². The van der Waals surface area contributed by atoms with Crippen molar-refractivity contribution in [1.82, 2.24) is 0 Å². The number of hydrogen-bond donors (Lipinski definition) is 2. The number of carboxylic acids is 1. The van der Waals surface area contributed by atoms with E-state index < -0.39 is 12.1 Å². The average Bonchev–Trinajstić information content (AvgIpc) is 2.51. The number of aliphatic hydroxyl groups is 1. The summed E-state index contributed by atoms with van der Waals surface area (Å²) < 4.78 is 0. The quantitative estimate of drug-likeness (QED) is 0.822. The Morgan fingerprint density at radius 2 is 1.26 bits per heavy atom. The zero-order valence-electron chi connectivity index (χ0n) is 13.7. The van der Waals surface area contributed by atoms with E-state index in [-0.39, 0.29) is 12.3 Å². The first kappa shape index (κ1) is 17.2. The van der Waals surface area contributed by atoms with Crippen LogP contribution < -0.4 is 0 Å². The van der Waals surface area contributed by atoms with Crippen molar-refractivity contribution in [1.29, 1.82) is 0 Å². The summed E-state index contributed by atoms with van der Waals surface area (Å²) in [5, 5.41) is 18.7. The summed E-state index contributed by atoms with van der Waals surface area (Å²) >= 11 is 0. The van der Waals surface area contributed by atoms with Gasteiger partial charge in [-0.1, -0.05) is 59.7 Å². The molecule has 0 amide bonds. The number of aryl methyl sites for hydroxylation is 2. The van der Waals surface area contributed by atoms with Crippen LogP contribution in [0, 0.1) is 19.8 Å². The Hall–Kier alpha value is -2.13. The number of benzene rings is 2. The maximum Gasteiger partial charge on any atom is 0.332 e. The summed E-state index contributed by atoms with van der Waals surface area (Å²) in [7, 11) is 0. The fourth-order valence-corrected chi connectivity index (χ4v) is 2.77. The SMILES string of the molecule is Cc1ccc(CC(Cc2ccc(C)cc2)CC(O)C(=O)O)cc1. The Kier molecular flexibility index (Phi) is 5.94. The van der Waals surface area contributed by atoms with E-state index in [0.717, 1.165) is 12.8 Å². The fourth-order valence-electron chi connectivity index (χ4n) is 2.77. The maximum absolute atomic E-state index is 11.0. The van der Waals surface area contributed by atoms with Gasteiger partial charge in [0, 0.05) is 0 Å². The first-order valence-electron chi connectivity index (χ1n) is 7.96. The van der Waals surface area contributed by atoms with Gasteiger partial charge in [0.2, 0.25) is 0 Å². The van der Waals surface area contributed by atoms with Crippen LogP contribution in [0.4, 0.5) is 0 Å². The molecule has 0 bridgehead atoms. The number of rotatable bonds is 7. The van der Waals surface area contributed by atoms with Crippen molar-refractivity contribution in [3.05, 3.63) is 70.8 Å². The summed E-state index contributed by atoms with van der Waals surface area (Å²) in [6.45, 7) is 4.09. The number of aliphatic hydroxyl groups excluding tert-OH is 1. The molecule has 3 heteroatoms. The zero-order chi connectivity index (χ0) is 16.8. The Bertz CT molecular complexity index is 581. The Morgan fingerprint density at radius 3 is 1.61 bits per heavy atom. The normalized spacial score (nSPS) is 12.3. The molecule has 2 aromatic carbocycles. The molecule has 23 heavy (non-hydrogen) atoms. The molecule has 1 unspecified atom stereocenters. The van der Waals surface area contributed by atoms with Gasteiger partial charge in [-0.2, -0.15) is 0 Å². The van der Waals surface area contributed by atoms with Crippen LogP contribution in [-0.4, -0.2) is 22.3 Å². The molecule has 0 aliphatic heterocycles. The second-order valence-corrected chi connectivity index (χ2v) is 6.34. The molecule has 2 N–H and O–H groups in total. The summed E-state index contributed by atoms with van der Waals surface area (Å²) in [4.78, 5) is 11.0. The highest BCUT2D eigenvalue weighted by molar-refractivity contribution is 5.71. The van der Waals surface area contributed by atoms with Crippen molar-refractivity contribution in [2.45, 2.75) is 39.2 Å². The van der Waals surface area contributed by atoms with Crippen LogP contribution in [0.5, 0.6) is 0 Å². The number of hydrogen-bond acceptors (Lipinski definition) is 2. The second kappa shape index (κ2) is 7.93. The molecule has 0 aliphatic carbocycles. The molecule has 0 aliphatic rings. The highest BCUT2D eigenvalue weighted by atomic mass is 16.4. The lowest BCUT2D eigenvalue weighted by molar-refractivity contribution is -0.147. The second-order valence-electron chi connectivity index (χ2n) is 6.34. The minimum atomic E-state index is -1.31. The third-order valence-corrected chi connectivity index (χ3v) is 4.13. The molecule has 0 radical (unpaired) electrons. The van der Waals surface area contributed by atoms with E-state index >= 15 is 0 Å². The van der Waals surface area contributed by atoms with Crippen LogP contribution in [0.15, 0.2) is 48.5 Å². The van der Waals surface area contributed by atoms with Crippen molar-refractivity contribution in [2.24, 2.45) is 5.92 Å². The first-order chi connectivity index (χ1) is 10.9. The molecule has 1 atom stereocenters. The molecule has 0 spiro atoms. The molecule has 0 fully saturated rings. The van der Waals surface area contributed by atoms with Gasteiger partial charge in [0.15, 0.2) is 6.10 Å². The van der Waals surface area contributed by atoms with Gasteiger partial charge in [-0.05, 0) is 50.2 Å². The van der Waals surface area contributed by atoms with Crippen molar-refractivity contribution in [3.8, 4) is 0 Å². The number of carbonyl (C=O) groups is 1. The standard InChI is InChI=1S/C20H24O3/c1-14-3-7-16(8-4-14)11-18(13-19(21)20(22)23)12-17-9-5-15(2)6-10-17/h3-10,18-19,21H,11-13H2,1-2H3,(H,22,23). The van der Waals surface area contributed by atoms with Crippen molar-refractivity contribution >= 4 is 5.97 Å². The molecule has 0 heterocycles. The number of carboxylic acid groups (broad SMARTS) is 1. The van der Waals surface area contributed by atoms with E-state index in [1.54, 1.807) is 0 Å². The molecule has 122 valence electrons. The monoisotopic (exact) mass is 312 g/mol. The summed E-state index contributed by atoms with van der Waals surface area (Å²) in [5.74, 6) is -1.06. The van der Waals surface area contributed by atoms with Crippen LogP contribution in [-0.2, 0) is 17.6 Å². The van der Waals surface area contributed by atoms with E-state index in [1.807, 2.05) is 13.8 Å². The molecule has 0 aromatic heterocycles. The lowest BCUT2D eigenvalue weighted by atomic mass is 9.87. The molecule has 2 rings (SSSR count). The first-order valence-corrected chi connectivity index (χ1v) is 7.96. The minimum Gasteiger partial charge on any atom is -0.479 e.